The molecule has 1 unspecified atom stereocenters. The fourth-order valence-electron chi connectivity index (χ4n) is 2.24. The van der Waals surface area contributed by atoms with Gasteiger partial charge in [-0.3, -0.25) is 0 Å². The third-order valence-corrected chi connectivity index (χ3v) is 2.92. The molecule has 2 aliphatic rings. The summed E-state index contributed by atoms with van der Waals surface area (Å²) >= 11 is 0. The molecule has 0 aromatic rings. The van der Waals surface area contributed by atoms with Crippen molar-refractivity contribution in [3.05, 3.63) is 0 Å². The van der Waals surface area contributed by atoms with Crippen molar-refractivity contribution in [2.75, 3.05) is 26.2 Å². The number of likely N-dealkylation sites (N-methyl/N-ethyl adjacent to an activating group) is 1. The van der Waals surface area contributed by atoms with E-state index in [9.17, 15) is 4.79 Å². The largest absolute Gasteiger partial charge is 0.336 e. The van der Waals surface area contributed by atoms with Gasteiger partial charge < -0.3 is 15.5 Å². The van der Waals surface area contributed by atoms with Crippen molar-refractivity contribution in [2.24, 2.45) is 0 Å². The molecule has 2 N–H and O–H groups in total. The van der Waals surface area contributed by atoms with E-state index in [1.807, 2.05) is 11.8 Å². The quantitative estimate of drug-likeness (QED) is 0.569. The summed E-state index contributed by atoms with van der Waals surface area (Å²) < 4.78 is 0. The summed E-state index contributed by atoms with van der Waals surface area (Å²) in [5, 5.41) is 6.21. The fourth-order valence-corrected chi connectivity index (χ4v) is 2.24. The minimum atomic E-state index is 0.0891. The van der Waals surface area contributed by atoms with E-state index in [-0.39, 0.29) is 11.6 Å². The molecule has 0 aromatic carbocycles. The topological polar surface area (TPSA) is 44.4 Å². The van der Waals surface area contributed by atoms with Gasteiger partial charge in [0.05, 0.1) is 5.54 Å². The summed E-state index contributed by atoms with van der Waals surface area (Å²) in [6.45, 7) is 5.64. The molecular weight excluding hydrogens is 154 g/mol. The van der Waals surface area contributed by atoms with Gasteiger partial charge in [-0.25, -0.2) is 4.79 Å². The number of hydrogen-bond acceptors (Lipinski definition) is 2. The Balaban J connectivity index is 2.19. The Hall–Kier alpha value is -0.770. The molecule has 2 amide bonds. The molecule has 2 fully saturated rings. The van der Waals surface area contributed by atoms with Gasteiger partial charge in [0.25, 0.3) is 0 Å². The van der Waals surface area contributed by atoms with Gasteiger partial charge in [0.1, 0.15) is 0 Å². The molecule has 0 bridgehead atoms. The van der Waals surface area contributed by atoms with Crippen molar-refractivity contribution in [2.45, 2.75) is 18.9 Å². The van der Waals surface area contributed by atoms with Gasteiger partial charge in [-0.1, -0.05) is 0 Å². The maximum atomic E-state index is 11.4. The lowest BCUT2D eigenvalue weighted by molar-refractivity contribution is 0.172. The van der Waals surface area contributed by atoms with Gasteiger partial charge in [-0.05, 0) is 19.9 Å². The first kappa shape index (κ1) is 7.86. The third kappa shape index (κ3) is 0.909. The van der Waals surface area contributed by atoms with E-state index < -0.39 is 0 Å². The standard InChI is InChI=1S/C8H15N3O/c1-2-11-7(12)10-6-8(11)3-4-9-5-8/h9H,2-6H2,1H3,(H,10,12). The molecule has 2 aliphatic heterocycles. The van der Waals surface area contributed by atoms with Crippen molar-refractivity contribution >= 4 is 6.03 Å². The summed E-state index contributed by atoms with van der Waals surface area (Å²) in [5.74, 6) is 0. The lowest BCUT2D eigenvalue weighted by atomic mass is 9.98. The number of urea groups is 1. The first-order valence-corrected chi connectivity index (χ1v) is 4.55. The van der Waals surface area contributed by atoms with Gasteiger partial charge in [0.2, 0.25) is 0 Å². The molecule has 1 atom stereocenters. The van der Waals surface area contributed by atoms with Crippen molar-refractivity contribution in [1.29, 1.82) is 0 Å². The molecule has 4 nitrogen and oxygen atoms in total. The Labute approximate surface area is 72.3 Å². The smallest absolute Gasteiger partial charge is 0.318 e. The lowest BCUT2D eigenvalue weighted by Crippen LogP contribution is -2.48. The van der Waals surface area contributed by atoms with Crippen molar-refractivity contribution < 1.29 is 4.79 Å². The maximum absolute atomic E-state index is 11.4. The number of hydrogen-bond donors (Lipinski definition) is 2. The maximum Gasteiger partial charge on any atom is 0.318 e. The molecule has 0 saturated carbocycles. The number of nitrogens with one attached hydrogen (secondary N) is 2. The van der Waals surface area contributed by atoms with Crippen LogP contribution in [0.5, 0.6) is 0 Å². The second-order valence-electron chi connectivity index (χ2n) is 3.55. The summed E-state index contributed by atoms with van der Waals surface area (Å²) in [7, 11) is 0. The predicted molar refractivity (Wildman–Crippen MR) is 46.0 cm³/mol. The monoisotopic (exact) mass is 169 g/mol. The van der Waals surface area contributed by atoms with E-state index in [0.717, 1.165) is 32.6 Å². The van der Waals surface area contributed by atoms with Crippen molar-refractivity contribution in [1.82, 2.24) is 15.5 Å². The number of carbonyl (C=O) groups excluding carboxylic acids is 1. The molecule has 2 rings (SSSR count). The van der Waals surface area contributed by atoms with Crippen LogP contribution in [0.1, 0.15) is 13.3 Å². The van der Waals surface area contributed by atoms with Crippen LogP contribution in [-0.4, -0.2) is 42.6 Å². The molecule has 0 aromatic heterocycles. The normalized spacial score (nSPS) is 34.8. The fraction of sp³-hybridized carbons (Fsp3) is 0.875. The highest BCUT2D eigenvalue weighted by molar-refractivity contribution is 5.78. The Morgan fingerprint density at radius 1 is 1.58 bits per heavy atom. The van der Waals surface area contributed by atoms with Crippen LogP contribution in [0.25, 0.3) is 0 Å². The number of nitrogens with zero attached hydrogens (tertiary/aromatic N) is 1. The van der Waals surface area contributed by atoms with E-state index >= 15 is 0 Å². The van der Waals surface area contributed by atoms with Crippen LogP contribution in [0.4, 0.5) is 4.79 Å². The average molecular weight is 169 g/mol. The van der Waals surface area contributed by atoms with Crippen LogP contribution < -0.4 is 10.6 Å². The van der Waals surface area contributed by atoms with E-state index in [1.54, 1.807) is 0 Å². The summed E-state index contributed by atoms with van der Waals surface area (Å²) in [4.78, 5) is 13.3. The SMILES string of the molecule is CCN1C(=O)NCC12CCNC2. The Bertz CT molecular complexity index is 198. The highest BCUT2D eigenvalue weighted by atomic mass is 16.2. The molecule has 0 radical (unpaired) electrons. The van der Waals surface area contributed by atoms with Crippen LogP contribution in [0.3, 0.4) is 0 Å². The summed E-state index contributed by atoms with van der Waals surface area (Å²) in [6.07, 6.45) is 1.08. The minimum Gasteiger partial charge on any atom is -0.336 e. The molecule has 12 heavy (non-hydrogen) atoms. The second-order valence-corrected chi connectivity index (χ2v) is 3.55. The van der Waals surface area contributed by atoms with Gasteiger partial charge >= 0.3 is 6.03 Å². The van der Waals surface area contributed by atoms with Crippen LogP contribution in [0.2, 0.25) is 0 Å². The molecule has 1 spiro atoms. The molecular formula is C8H15N3O. The lowest BCUT2D eigenvalue weighted by Gasteiger charge is -2.31. The van der Waals surface area contributed by atoms with Gasteiger partial charge in [0.15, 0.2) is 0 Å². The van der Waals surface area contributed by atoms with E-state index in [0.29, 0.717) is 0 Å². The number of amides is 2. The predicted octanol–water partition coefficient (Wildman–Crippen LogP) is -0.236. The molecule has 4 heteroatoms. The zero-order valence-corrected chi connectivity index (χ0v) is 7.39. The zero-order valence-electron chi connectivity index (χ0n) is 7.39. The van der Waals surface area contributed by atoms with Crippen molar-refractivity contribution in [3.8, 4) is 0 Å². The number of carbonyl (C=O) groups is 1. The first-order chi connectivity index (χ1) is 5.78. The first-order valence-electron chi connectivity index (χ1n) is 4.55. The summed E-state index contributed by atoms with van der Waals surface area (Å²) in [6, 6.07) is 0.0983. The molecule has 0 aliphatic carbocycles. The highest BCUT2D eigenvalue weighted by Crippen LogP contribution is 2.26. The van der Waals surface area contributed by atoms with Crippen molar-refractivity contribution in [3.63, 3.8) is 0 Å². The minimum absolute atomic E-state index is 0.0891. The Kier molecular flexibility index (Phi) is 1.72. The van der Waals surface area contributed by atoms with E-state index in [4.69, 9.17) is 0 Å². The molecule has 2 heterocycles. The summed E-state index contributed by atoms with van der Waals surface area (Å²) in [5.41, 5.74) is 0.0891. The Morgan fingerprint density at radius 3 is 3.00 bits per heavy atom. The highest BCUT2D eigenvalue weighted by Gasteiger charge is 2.46. The zero-order chi connectivity index (χ0) is 8.60. The number of rotatable bonds is 1. The second kappa shape index (κ2) is 2.62. The van der Waals surface area contributed by atoms with E-state index in [1.165, 1.54) is 0 Å². The van der Waals surface area contributed by atoms with Gasteiger partial charge in [-0.15, -0.1) is 0 Å². The average Bonchev–Trinajstić information content (AvgIpc) is 2.63. The van der Waals surface area contributed by atoms with E-state index in [2.05, 4.69) is 10.6 Å². The van der Waals surface area contributed by atoms with Gasteiger partial charge in [0, 0.05) is 19.6 Å². The molecule has 2 saturated heterocycles. The van der Waals surface area contributed by atoms with Crippen LogP contribution in [-0.2, 0) is 0 Å². The van der Waals surface area contributed by atoms with Gasteiger partial charge in [-0.2, -0.15) is 0 Å². The molecule has 68 valence electrons. The van der Waals surface area contributed by atoms with Crippen LogP contribution in [0.15, 0.2) is 0 Å². The van der Waals surface area contributed by atoms with Crippen LogP contribution in [0, 0.1) is 0 Å². The Morgan fingerprint density at radius 2 is 2.42 bits per heavy atom. The third-order valence-electron chi connectivity index (χ3n) is 2.92. The van der Waals surface area contributed by atoms with Crippen LogP contribution >= 0.6 is 0 Å².